The summed E-state index contributed by atoms with van der Waals surface area (Å²) in [5.41, 5.74) is 12.5. The fourth-order valence-electron chi connectivity index (χ4n) is 3.73. The number of hydrogen-bond donors (Lipinski definition) is 5. The number of methoxy groups -OCH3 is 1. The standard InChI is InChI=1S/C29H36N6O5/c1-5-39-25-18-20(12-15-24(25)40-17-16-35(2)3)26(32-21-13-10-19(11-14-21)27(30)31)29(37)34-33-28(36)22-8-6-7-9-23(22)38-4/h6-15,18,26,32H,5,16-17H2,1-4H3,(H3,30,31)(H,33,36)(H,34,37). The van der Waals surface area contributed by atoms with Gasteiger partial charge in [-0.15, -0.1) is 0 Å². The normalized spacial score (nSPS) is 11.3. The summed E-state index contributed by atoms with van der Waals surface area (Å²) in [7, 11) is 5.38. The summed E-state index contributed by atoms with van der Waals surface area (Å²) in [4.78, 5) is 28.3. The Hall–Kier alpha value is -4.77. The smallest absolute Gasteiger partial charge is 0.273 e. The number of benzene rings is 3. The molecule has 3 aromatic rings. The Balaban J connectivity index is 1.87. The molecule has 2 amide bonds. The van der Waals surface area contributed by atoms with Crippen LogP contribution in [-0.4, -0.2) is 63.5 Å². The van der Waals surface area contributed by atoms with E-state index in [-0.39, 0.29) is 11.4 Å². The molecule has 11 heteroatoms. The highest BCUT2D eigenvalue weighted by Gasteiger charge is 2.24. The second kappa shape index (κ2) is 14.4. The highest BCUT2D eigenvalue weighted by molar-refractivity contribution is 5.98. The van der Waals surface area contributed by atoms with Gasteiger partial charge in [-0.1, -0.05) is 18.2 Å². The Morgan fingerprint density at radius 2 is 1.68 bits per heavy atom. The van der Waals surface area contributed by atoms with Gasteiger partial charge in [0.05, 0.1) is 19.3 Å². The van der Waals surface area contributed by atoms with Gasteiger partial charge in [0.25, 0.3) is 11.8 Å². The zero-order chi connectivity index (χ0) is 29.1. The quantitative estimate of drug-likeness (QED) is 0.124. The molecule has 40 heavy (non-hydrogen) atoms. The Morgan fingerprint density at radius 1 is 0.950 bits per heavy atom. The van der Waals surface area contributed by atoms with Crippen molar-refractivity contribution in [2.24, 2.45) is 5.73 Å². The van der Waals surface area contributed by atoms with Crippen LogP contribution in [0.15, 0.2) is 66.7 Å². The molecule has 0 heterocycles. The maximum absolute atomic E-state index is 13.5. The molecule has 0 aliphatic rings. The van der Waals surface area contributed by atoms with E-state index in [1.54, 1.807) is 66.7 Å². The van der Waals surface area contributed by atoms with Crippen LogP contribution >= 0.6 is 0 Å². The summed E-state index contributed by atoms with van der Waals surface area (Å²) in [5.74, 6) is 0.301. The Morgan fingerprint density at radius 3 is 2.33 bits per heavy atom. The second-order valence-electron chi connectivity index (χ2n) is 9.00. The molecule has 0 fully saturated rings. The SMILES string of the molecule is CCOc1cc(C(Nc2ccc(C(=N)N)cc2)C(=O)NNC(=O)c2ccccc2OC)ccc1OCCN(C)C. The molecule has 0 aliphatic heterocycles. The number of nitrogens with zero attached hydrogens (tertiary/aromatic N) is 1. The summed E-state index contributed by atoms with van der Waals surface area (Å²) in [5, 5.41) is 10.8. The van der Waals surface area contributed by atoms with Gasteiger partial charge < -0.3 is 30.2 Å². The molecule has 6 N–H and O–H groups in total. The van der Waals surface area contributed by atoms with Crippen LogP contribution in [0.5, 0.6) is 17.2 Å². The fraction of sp³-hybridized carbons (Fsp3) is 0.276. The maximum atomic E-state index is 13.5. The van der Waals surface area contributed by atoms with Crippen molar-refractivity contribution in [3.05, 3.63) is 83.4 Å². The largest absolute Gasteiger partial charge is 0.496 e. The van der Waals surface area contributed by atoms with Crippen molar-refractivity contribution in [2.45, 2.75) is 13.0 Å². The molecule has 0 radical (unpaired) electrons. The van der Waals surface area contributed by atoms with Crippen LogP contribution in [0.4, 0.5) is 5.69 Å². The molecule has 1 unspecified atom stereocenters. The summed E-state index contributed by atoms with van der Waals surface area (Å²) in [6.07, 6.45) is 0. The third-order valence-electron chi connectivity index (χ3n) is 5.82. The Bertz CT molecular complexity index is 1310. The van der Waals surface area contributed by atoms with Crippen LogP contribution in [0.2, 0.25) is 0 Å². The summed E-state index contributed by atoms with van der Waals surface area (Å²) in [6.45, 7) is 3.45. The number of nitrogens with one attached hydrogen (secondary N) is 4. The number of nitrogens with two attached hydrogens (primary N) is 1. The Labute approximate surface area is 234 Å². The molecular weight excluding hydrogens is 512 g/mol. The number of amides is 2. The van der Waals surface area contributed by atoms with Gasteiger partial charge in [0, 0.05) is 17.8 Å². The molecule has 3 aromatic carbocycles. The predicted molar refractivity (Wildman–Crippen MR) is 154 cm³/mol. The van der Waals surface area contributed by atoms with Crippen molar-refractivity contribution in [3.63, 3.8) is 0 Å². The topological polar surface area (TPSA) is 151 Å². The van der Waals surface area contributed by atoms with E-state index in [1.807, 2.05) is 25.9 Å². The van der Waals surface area contributed by atoms with Gasteiger partial charge >= 0.3 is 0 Å². The van der Waals surface area contributed by atoms with Crippen LogP contribution in [-0.2, 0) is 4.79 Å². The molecule has 11 nitrogen and oxygen atoms in total. The molecule has 0 bridgehead atoms. The summed E-state index contributed by atoms with van der Waals surface area (Å²) < 4.78 is 17.0. The minimum absolute atomic E-state index is 0.0638. The average molecular weight is 549 g/mol. The van der Waals surface area contributed by atoms with Crippen LogP contribution in [0.25, 0.3) is 0 Å². The number of carbonyl (C=O) groups excluding carboxylic acids is 2. The number of para-hydroxylation sites is 1. The minimum atomic E-state index is -0.934. The van der Waals surface area contributed by atoms with E-state index in [2.05, 4.69) is 16.2 Å². The molecule has 1 atom stereocenters. The first-order valence-electron chi connectivity index (χ1n) is 12.7. The van der Waals surface area contributed by atoms with Gasteiger partial charge in [-0.25, -0.2) is 0 Å². The van der Waals surface area contributed by atoms with Gasteiger partial charge in [-0.3, -0.25) is 25.8 Å². The lowest BCUT2D eigenvalue weighted by Gasteiger charge is -2.22. The van der Waals surface area contributed by atoms with Gasteiger partial charge in [0.15, 0.2) is 11.5 Å². The van der Waals surface area contributed by atoms with Gasteiger partial charge in [0.1, 0.15) is 24.2 Å². The van der Waals surface area contributed by atoms with Crippen LogP contribution in [0.1, 0.15) is 34.5 Å². The second-order valence-corrected chi connectivity index (χ2v) is 9.00. The zero-order valence-electron chi connectivity index (χ0n) is 23.1. The molecule has 0 saturated heterocycles. The monoisotopic (exact) mass is 548 g/mol. The highest BCUT2D eigenvalue weighted by Crippen LogP contribution is 2.32. The third-order valence-corrected chi connectivity index (χ3v) is 5.82. The van der Waals surface area contributed by atoms with Crippen LogP contribution in [0.3, 0.4) is 0 Å². The highest BCUT2D eigenvalue weighted by atomic mass is 16.5. The summed E-state index contributed by atoms with van der Waals surface area (Å²) >= 11 is 0. The number of nitrogen functional groups attached to an aromatic ring is 1. The number of hydrogen-bond acceptors (Lipinski definition) is 8. The van der Waals surface area contributed by atoms with E-state index in [9.17, 15) is 9.59 Å². The van der Waals surface area contributed by atoms with Crippen molar-refractivity contribution in [1.82, 2.24) is 15.8 Å². The first kappa shape index (κ1) is 29.8. The van der Waals surface area contributed by atoms with Gasteiger partial charge in [-0.05, 0) is 75.1 Å². The molecule has 3 rings (SSSR count). The number of hydrazine groups is 1. The van der Waals surface area contributed by atoms with E-state index in [4.69, 9.17) is 25.4 Å². The van der Waals surface area contributed by atoms with Crippen LogP contribution < -0.4 is 36.1 Å². The number of anilines is 1. The van der Waals surface area contributed by atoms with Crippen molar-refractivity contribution in [2.75, 3.05) is 46.3 Å². The van der Waals surface area contributed by atoms with E-state index in [0.717, 1.165) is 6.54 Å². The fourth-order valence-corrected chi connectivity index (χ4v) is 3.73. The lowest BCUT2D eigenvalue weighted by Crippen LogP contribution is -2.45. The lowest BCUT2D eigenvalue weighted by molar-refractivity contribution is -0.122. The first-order valence-corrected chi connectivity index (χ1v) is 12.7. The first-order chi connectivity index (χ1) is 19.2. The predicted octanol–water partition coefficient (Wildman–Crippen LogP) is 2.93. The zero-order valence-corrected chi connectivity index (χ0v) is 23.1. The number of rotatable bonds is 13. The number of amidine groups is 1. The van der Waals surface area contributed by atoms with Crippen molar-refractivity contribution >= 4 is 23.3 Å². The van der Waals surface area contributed by atoms with Crippen molar-refractivity contribution in [1.29, 1.82) is 5.41 Å². The molecule has 0 aromatic heterocycles. The number of likely N-dealkylation sites (N-methyl/N-ethyl adjacent to an activating group) is 1. The average Bonchev–Trinajstić information content (AvgIpc) is 2.95. The molecule has 212 valence electrons. The summed E-state index contributed by atoms with van der Waals surface area (Å²) in [6, 6.07) is 17.8. The van der Waals surface area contributed by atoms with Gasteiger partial charge in [0.2, 0.25) is 0 Å². The molecule has 0 saturated carbocycles. The lowest BCUT2D eigenvalue weighted by atomic mass is 10.0. The van der Waals surface area contributed by atoms with E-state index >= 15 is 0 Å². The van der Waals surface area contributed by atoms with E-state index in [0.29, 0.717) is 47.3 Å². The van der Waals surface area contributed by atoms with E-state index in [1.165, 1.54) is 7.11 Å². The maximum Gasteiger partial charge on any atom is 0.273 e. The van der Waals surface area contributed by atoms with Crippen molar-refractivity contribution < 1.29 is 23.8 Å². The molecule has 0 spiro atoms. The molecule has 0 aliphatic carbocycles. The van der Waals surface area contributed by atoms with E-state index < -0.39 is 17.9 Å². The van der Waals surface area contributed by atoms with Crippen LogP contribution in [0, 0.1) is 5.41 Å². The molecular formula is C29H36N6O5. The number of ether oxygens (including phenoxy) is 3. The Kier molecular flexibility index (Phi) is 10.7. The minimum Gasteiger partial charge on any atom is -0.496 e. The van der Waals surface area contributed by atoms with Gasteiger partial charge in [-0.2, -0.15) is 0 Å². The van der Waals surface area contributed by atoms with Crippen molar-refractivity contribution in [3.8, 4) is 17.2 Å². The number of carbonyl (C=O) groups is 2. The third kappa shape index (κ3) is 8.11.